The number of rotatable bonds is 4. The highest BCUT2D eigenvalue weighted by atomic mass is 15.5. The van der Waals surface area contributed by atoms with Crippen LogP contribution in [0.2, 0.25) is 0 Å². The Morgan fingerprint density at radius 1 is 1.26 bits per heavy atom. The summed E-state index contributed by atoms with van der Waals surface area (Å²) in [6.07, 6.45) is 5.53. The van der Waals surface area contributed by atoms with Crippen LogP contribution in [0.15, 0.2) is 6.20 Å². The Morgan fingerprint density at radius 2 is 2.11 bits per heavy atom. The Balaban J connectivity index is 1.88. The van der Waals surface area contributed by atoms with Gasteiger partial charge in [0.25, 0.3) is 0 Å². The van der Waals surface area contributed by atoms with Crippen molar-refractivity contribution in [3.8, 4) is 0 Å². The molecular formula is C12H19N7. The molecule has 2 aromatic rings. The second-order valence-corrected chi connectivity index (χ2v) is 4.72. The molecule has 3 rings (SSSR count). The van der Waals surface area contributed by atoms with Crippen LogP contribution in [-0.4, -0.2) is 44.8 Å². The zero-order valence-corrected chi connectivity index (χ0v) is 11.1. The minimum atomic E-state index is 0.624. The minimum Gasteiger partial charge on any atom is -0.354 e. The average Bonchev–Trinajstić information content (AvgIpc) is 2.89. The number of nitrogens with zero attached hydrogens (tertiary/aromatic N) is 4. The first-order valence-corrected chi connectivity index (χ1v) is 6.83. The first-order valence-electron chi connectivity index (χ1n) is 6.83. The monoisotopic (exact) mass is 261 g/mol. The maximum atomic E-state index is 4.52. The molecule has 102 valence electrons. The molecule has 3 heterocycles. The van der Waals surface area contributed by atoms with Gasteiger partial charge in [0, 0.05) is 19.6 Å². The lowest BCUT2D eigenvalue weighted by Gasteiger charge is -2.27. The lowest BCUT2D eigenvalue weighted by Crippen LogP contribution is -2.35. The van der Waals surface area contributed by atoms with Crippen LogP contribution >= 0.6 is 0 Å². The van der Waals surface area contributed by atoms with Crippen LogP contribution in [0.1, 0.15) is 26.2 Å². The first kappa shape index (κ1) is 12.2. The minimum absolute atomic E-state index is 0.624. The van der Waals surface area contributed by atoms with Gasteiger partial charge in [-0.3, -0.25) is 5.10 Å². The van der Waals surface area contributed by atoms with E-state index in [0.29, 0.717) is 5.95 Å². The van der Waals surface area contributed by atoms with Crippen LogP contribution in [0.4, 0.5) is 11.8 Å². The van der Waals surface area contributed by atoms with Gasteiger partial charge in [0.2, 0.25) is 5.95 Å². The van der Waals surface area contributed by atoms with E-state index in [1.807, 2.05) is 6.92 Å². The molecule has 0 spiro atoms. The van der Waals surface area contributed by atoms with Crippen LogP contribution in [0, 0.1) is 0 Å². The van der Waals surface area contributed by atoms with Crippen LogP contribution < -0.4 is 10.7 Å². The van der Waals surface area contributed by atoms with Crippen molar-refractivity contribution in [2.24, 2.45) is 0 Å². The molecule has 7 heteroatoms. The smallest absolute Gasteiger partial charge is 0.226 e. The summed E-state index contributed by atoms with van der Waals surface area (Å²) in [6, 6.07) is 0. The average molecular weight is 261 g/mol. The fourth-order valence-electron chi connectivity index (χ4n) is 2.31. The number of hydrogen-bond donors (Lipinski definition) is 3. The van der Waals surface area contributed by atoms with Crippen molar-refractivity contribution >= 4 is 22.8 Å². The largest absolute Gasteiger partial charge is 0.354 e. The number of fused-ring (bicyclic) bond motifs is 1. The summed E-state index contributed by atoms with van der Waals surface area (Å²) in [5.41, 5.74) is 4.15. The van der Waals surface area contributed by atoms with Crippen molar-refractivity contribution in [3.63, 3.8) is 0 Å². The molecule has 0 atom stereocenters. The molecule has 2 aromatic heterocycles. The van der Waals surface area contributed by atoms with Gasteiger partial charge in [-0.15, -0.1) is 0 Å². The molecule has 0 amide bonds. The number of aromatic amines is 1. The van der Waals surface area contributed by atoms with Gasteiger partial charge < -0.3 is 10.7 Å². The van der Waals surface area contributed by atoms with Crippen LogP contribution in [0.5, 0.6) is 0 Å². The van der Waals surface area contributed by atoms with E-state index in [0.717, 1.165) is 36.5 Å². The molecule has 1 fully saturated rings. The van der Waals surface area contributed by atoms with Crippen molar-refractivity contribution in [1.29, 1.82) is 0 Å². The Morgan fingerprint density at radius 3 is 2.89 bits per heavy atom. The fraction of sp³-hybridized carbons (Fsp3) is 0.583. The van der Waals surface area contributed by atoms with Gasteiger partial charge in [-0.05, 0) is 19.8 Å². The quantitative estimate of drug-likeness (QED) is 0.775. The molecule has 0 unspecified atom stereocenters. The maximum absolute atomic E-state index is 4.52. The summed E-state index contributed by atoms with van der Waals surface area (Å²) < 4.78 is 0. The summed E-state index contributed by atoms with van der Waals surface area (Å²) in [5.74, 6) is 1.44. The van der Waals surface area contributed by atoms with Gasteiger partial charge >= 0.3 is 0 Å². The highest BCUT2D eigenvalue weighted by Crippen LogP contribution is 2.21. The summed E-state index contributed by atoms with van der Waals surface area (Å²) in [7, 11) is 0. The van der Waals surface area contributed by atoms with E-state index in [-0.39, 0.29) is 0 Å². The number of piperidine rings is 1. The van der Waals surface area contributed by atoms with Crippen molar-refractivity contribution in [3.05, 3.63) is 6.20 Å². The molecule has 1 saturated heterocycles. The normalized spacial score (nSPS) is 16.7. The molecular weight excluding hydrogens is 242 g/mol. The lowest BCUT2D eigenvalue weighted by molar-refractivity contribution is 0.272. The third-order valence-electron chi connectivity index (χ3n) is 3.26. The molecule has 0 aliphatic carbocycles. The van der Waals surface area contributed by atoms with Gasteiger partial charge in [-0.1, -0.05) is 6.42 Å². The van der Waals surface area contributed by atoms with E-state index in [4.69, 9.17) is 0 Å². The maximum Gasteiger partial charge on any atom is 0.226 e. The summed E-state index contributed by atoms with van der Waals surface area (Å²) in [4.78, 5) is 8.90. The van der Waals surface area contributed by atoms with Crippen molar-refractivity contribution in [2.75, 3.05) is 30.4 Å². The number of hydrogen-bond acceptors (Lipinski definition) is 6. The van der Waals surface area contributed by atoms with E-state index in [1.165, 1.54) is 19.3 Å². The van der Waals surface area contributed by atoms with E-state index >= 15 is 0 Å². The third-order valence-corrected chi connectivity index (χ3v) is 3.26. The third kappa shape index (κ3) is 2.60. The van der Waals surface area contributed by atoms with E-state index in [9.17, 15) is 0 Å². The van der Waals surface area contributed by atoms with Gasteiger partial charge in [0.15, 0.2) is 11.5 Å². The summed E-state index contributed by atoms with van der Waals surface area (Å²) in [6.45, 7) is 4.93. The van der Waals surface area contributed by atoms with Gasteiger partial charge in [0.05, 0.1) is 11.6 Å². The molecule has 3 N–H and O–H groups in total. The number of nitrogens with one attached hydrogen (secondary N) is 3. The number of anilines is 2. The molecule has 7 nitrogen and oxygen atoms in total. The van der Waals surface area contributed by atoms with Crippen LogP contribution in [0.3, 0.4) is 0 Å². The summed E-state index contributed by atoms with van der Waals surface area (Å²) in [5, 5.41) is 13.2. The molecule has 0 radical (unpaired) electrons. The molecule has 19 heavy (non-hydrogen) atoms. The van der Waals surface area contributed by atoms with Crippen molar-refractivity contribution in [2.45, 2.75) is 26.2 Å². The zero-order valence-electron chi connectivity index (χ0n) is 11.1. The van der Waals surface area contributed by atoms with Crippen LogP contribution in [0.25, 0.3) is 11.0 Å². The predicted octanol–water partition coefficient (Wildman–Crippen LogP) is 1.60. The first-order chi connectivity index (χ1) is 9.36. The van der Waals surface area contributed by atoms with E-state index in [1.54, 1.807) is 6.20 Å². The summed E-state index contributed by atoms with van der Waals surface area (Å²) >= 11 is 0. The number of aromatic nitrogens is 4. The molecule has 0 saturated carbocycles. The van der Waals surface area contributed by atoms with Crippen molar-refractivity contribution < 1.29 is 0 Å². The number of H-pyrrole nitrogens is 1. The Labute approximate surface area is 111 Å². The highest BCUT2D eigenvalue weighted by Gasteiger charge is 2.14. The zero-order chi connectivity index (χ0) is 13.1. The van der Waals surface area contributed by atoms with E-state index < -0.39 is 0 Å². The Bertz CT molecular complexity index is 544. The highest BCUT2D eigenvalue weighted by molar-refractivity contribution is 5.86. The topological polar surface area (TPSA) is 81.8 Å². The lowest BCUT2D eigenvalue weighted by atomic mass is 10.2. The van der Waals surface area contributed by atoms with Gasteiger partial charge in [-0.25, -0.2) is 5.01 Å². The van der Waals surface area contributed by atoms with E-state index in [2.05, 4.69) is 35.9 Å². The standard InChI is InChI=1S/C12H19N7/c1-2-13-12-15-10-9(8-14-17-10)11(16-12)18-19-6-4-3-5-7-19/h8H,2-7H2,1H3,(H3,13,14,15,16,17,18). The molecule has 0 bridgehead atoms. The van der Waals surface area contributed by atoms with Crippen LogP contribution in [-0.2, 0) is 0 Å². The fourth-order valence-corrected chi connectivity index (χ4v) is 2.31. The molecule has 0 aromatic carbocycles. The van der Waals surface area contributed by atoms with Crippen molar-refractivity contribution in [1.82, 2.24) is 25.2 Å². The Hall–Kier alpha value is -1.89. The van der Waals surface area contributed by atoms with Gasteiger partial charge in [-0.2, -0.15) is 15.1 Å². The second-order valence-electron chi connectivity index (χ2n) is 4.72. The SMILES string of the molecule is CCNc1nc(NN2CCCCC2)c2cn[nH]c2n1. The second kappa shape index (κ2) is 5.40. The Kier molecular flexibility index (Phi) is 3.45. The van der Waals surface area contributed by atoms with Gasteiger partial charge in [0.1, 0.15) is 0 Å². The molecule has 1 aliphatic heterocycles. The number of hydrazine groups is 1. The predicted molar refractivity (Wildman–Crippen MR) is 74.9 cm³/mol. The molecule has 1 aliphatic rings.